The van der Waals surface area contributed by atoms with Gasteiger partial charge in [0.15, 0.2) is 5.78 Å². The van der Waals surface area contributed by atoms with Gasteiger partial charge in [0.25, 0.3) is 0 Å². The number of Topliss-reactive ketones (excluding diaryl/α,β-unsaturated/α-hetero) is 1. The molecule has 182 valence electrons. The van der Waals surface area contributed by atoms with E-state index in [0.717, 1.165) is 11.1 Å². The quantitative estimate of drug-likeness (QED) is 0.652. The van der Waals surface area contributed by atoms with Gasteiger partial charge < -0.3 is 10.2 Å². The topological polar surface area (TPSA) is 86.8 Å². The van der Waals surface area contributed by atoms with Gasteiger partial charge in [0.05, 0.1) is 12.3 Å². The smallest absolute Gasteiger partial charge is 0.318 e. The van der Waals surface area contributed by atoms with Gasteiger partial charge in [-0.15, -0.1) is 0 Å². The van der Waals surface area contributed by atoms with Crippen LogP contribution in [0, 0.1) is 5.92 Å². The molecule has 2 amide bonds. The van der Waals surface area contributed by atoms with E-state index in [0.29, 0.717) is 25.9 Å². The summed E-state index contributed by atoms with van der Waals surface area (Å²) in [5, 5.41) is 3.00. The molecule has 0 bridgehead atoms. The van der Waals surface area contributed by atoms with Crippen molar-refractivity contribution in [2.45, 2.75) is 43.7 Å². The number of likely N-dealkylation sites (N-methyl/N-ethyl adjacent to an activating group) is 1. The van der Waals surface area contributed by atoms with Gasteiger partial charge in [-0.25, -0.2) is 17.5 Å². The molecular formula is C26H33N3O4S. The number of carbonyl (C=O) groups is 2. The molecule has 2 heterocycles. The van der Waals surface area contributed by atoms with Crippen LogP contribution in [0.2, 0.25) is 0 Å². The van der Waals surface area contributed by atoms with E-state index >= 15 is 0 Å². The maximum Gasteiger partial charge on any atom is 0.318 e. The number of hydrogen-bond acceptors (Lipinski definition) is 4. The first-order chi connectivity index (χ1) is 16.1. The highest BCUT2D eigenvalue weighted by Crippen LogP contribution is 2.42. The number of carbonyl (C=O) groups excluding carboxylic acids is 2. The van der Waals surface area contributed by atoms with Crippen LogP contribution in [-0.2, 0) is 14.8 Å². The third-order valence-corrected chi connectivity index (χ3v) is 9.00. The summed E-state index contributed by atoms with van der Waals surface area (Å²) < 4.78 is 25.5. The predicted molar refractivity (Wildman–Crippen MR) is 132 cm³/mol. The Morgan fingerprint density at radius 3 is 2.18 bits per heavy atom. The largest absolute Gasteiger partial charge is 0.328 e. The Bertz CT molecular complexity index is 1130. The van der Waals surface area contributed by atoms with Crippen LogP contribution in [0.15, 0.2) is 60.7 Å². The van der Waals surface area contributed by atoms with Crippen molar-refractivity contribution in [1.29, 1.82) is 0 Å². The number of sulfonamides is 1. The lowest BCUT2D eigenvalue weighted by molar-refractivity contribution is -0.129. The summed E-state index contributed by atoms with van der Waals surface area (Å²) in [5.74, 6) is 0.132. The molecule has 0 radical (unpaired) electrons. The van der Waals surface area contributed by atoms with Crippen LogP contribution in [-0.4, -0.2) is 61.4 Å². The Kier molecular flexibility index (Phi) is 6.82. The van der Waals surface area contributed by atoms with Crippen LogP contribution in [0.5, 0.6) is 0 Å². The fourth-order valence-electron chi connectivity index (χ4n) is 5.44. The summed E-state index contributed by atoms with van der Waals surface area (Å²) in [5.41, 5.74) is 0.945. The third kappa shape index (κ3) is 4.61. The zero-order valence-electron chi connectivity index (χ0n) is 20.0. The number of nitrogens with one attached hydrogen (secondary N) is 1. The molecule has 0 aliphatic carbocycles. The molecule has 8 heteroatoms. The standard InChI is InChI=1S/C26H33N3O4S/c1-26(24(27-25(31)28(26)2)21-12-8-5-9-13-21)23(30)18-22(19-10-6-4-7-11-19)20-14-16-29(17-15-20)34(3,32)33/h4-13,20,22,24H,14-18H2,1-3H3,(H,27,31)/t22?,24-,26-/m1/s1. The Morgan fingerprint density at radius 2 is 1.62 bits per heavy atom. The molecule has 1 unspecified atom stereocenters. The first-order valence-corrected chi connectivity index (χ1v) is 13.6. The lowest BCUT2D eigenvalue weighted by atomic mass is 9.73. The maximum absolute atomic E-state index is 14.0. The number of urea groups is 1. The molecule has 2 fully saturated rings. The summed E-state index contributed by atoms with van der Waals surface area (Å²) in [6, 6.07) is 18.9. The Labute approximate surface area is 202 Å². The predicted octanol–water partition coefficient (Wildman–Crippen LogP) is 3.56. The van der Waals surface area contributed by atoms with Crippen LogP contribution in [0.3, 0.4) is 0 Å². The fourth-order valence-corrected chi connectivity index (χ4v) is 6.31. The zero-order chi connectivity index (χ0) is 24.5. The van der Waals surface area contributed by atoms with Gasteiger partial charge in [-0.3, -0.25) is 4.79 Å². The van der Waals surface area contributed by atoms with Crippen LogP contribution < -0.4 is 5.32 Å². The molecular weight excluding hydrogens is 450 g/mol. The highest BCUT2D eigenvalue weighted by molar-refractivity contribution is 7.88. The Hall–Kier alpha value is -2.71. The summed E-state index contributed by atoms with van der Waals surface area (Å²) in [6.07, 6.45) is 2.93. The molecule has 3 atom stereocenters. The lowest BCUT2D eigenvalue weighted by Crippen LogP contribution is -2.51. The van der Waals surface area contributed by atoms with E-state index in [9.17, 15) is 18.0 Å². The molecule has 7 nitrogen and oxygen atoms in total. The molecule has 2 saturated heterocycles. The maximum atomic E-state index is 14.0. The van der Waals surface area contributed by atoms with Crippen LogP contribution in [0.25, 0.3) is 0 Å². The van der Waals surface area contributed by atoms with Gasteiger partial charge in [-0.05, 0) is 42.7 Å². The molecule has 2 aromatic carbocycles. The van der Waals surface area contributed by atoms with Crippen molar-refractivity contribution in [3.05, 3.63) is 71.8 Å². The minimum absolute atomic E-state index is 0.00148. The summed E-state index contributed by atoms with van der Waals surface area (Å²) in [7, 11) is -1.54. The minimum Gasteiger partial charge on any atom is -0.328 e. The van der Waals surface area contributed by atoms with Gasteiger partial charge in [0, 0.05) is 26.6 Å². The Balaban J connectivity index is 1.62. The highest BCUT2D eigenvalue weighted by Gasteiger charge is 2.53. The zero-order valence-corrected chi connectivity index (χ0v) is 20.8. The molecule has 34 heavy (non-hydrogen) atoms. The van der Waals surface area contributed by atoms with Crippen molar-refractivity contribution in [1.82, 2.24) is 14.5 Å². The second-order valence-electron chi connectivity index (χ2n) is 9.64. The van der Waals surface area contributed by atoms with Gasteiger partial charge in [-0.2, -0.15) is 0 Å². The average Bonchev–Trinajstić information content (AvgIpc) is 3.08. The first-order valence-electron chi connectivity index (χ1n) is 11.7. The third-order valence-electron chi connectivity index (χ3n) is 7.70. The molecule has 0 saturated carbocycles. The lowest BCUT2D eigenvalue weighted by Gasteiger charge is -2.38. The highest BCUT2D eigenvalue weighted by atomic mass is 32.2. The number of ketones is 1. The molecule has 0 aromatic heterocycles. The van der Waals surface area contributed by atoms with Gasteiger partial charge in [0.1, 0.15) is 5.54 Å². The van der Waals surface area contributed by atoms with Gasteiger partial charge in [-0.1, -0.05) is 60.7 Å². The van der Waals surface area contributed by atoms with Crippen molar-refractivity contribution >= 4 is 21.8 Å². The van der Waals surface area contributed by atoms with E-state index in [4.69, 9.17) is 0 Å². The fraction of sp³-hybridized carbons (Fsp3) is 0.462. The molecule has 2 aromatic rings. The van der Waals surface area contributed by atoms with E-state index < -0.39 is 21.6 Å². The van der Waals surface area contributed by atoms with Crippen LogP contribution in [0.4, 0.5) is 4.79 Å². The average molecular weight is 484 g/mol. The normalized spacial score (nSPS) is 25.2. The van der Waals surface area contributed by atoms with Crippen molar-refractivity contribution in [2.75, 3.05) is 26.4 Å². The molecule has 0 spiro atoms. The monoisotopic (exact) mass is 483 g/mol. The van der Waals surface area contributed by atoms with Gasteiger partial charge >= 0.3 is 6.03 Å². The summed E-state index contributed by atoms with van der Waals surface area (Å²) in [6.45, 7) is 2.77. The van der Waals surface area contributed by atoms with Gasteiger partial charge in [0.2, 0.25) is 10.0 Å². The van der Waals surface area contributed by atoms with E-state index in [1.165, 1.54) is 15.5 Å². The second-order valence-corrected chi connectivity index (χ2v) is 11.6. The second kappa shape index (κ2) is 9.50. The van der Waals surface area contributed by atoms with Crippen LogP contribution >= 0.6 is 0 Å². The van der Waals surface area contributed by atoms with Crippen molar-refractivity contribution in [3.63, 3.8) is 0 Å². The molecule has 1 N–H and O–H groups in total. The number of rotatable bonds is 7. The van der Waals surface area contributed by atoms with Crippen molar-refractivity contribution in [3.8, 4) is 0 Å². The van der Waals surface area contributed by atoms with Crippen LogP contribution in [0.1, 0.15) is 49.3 Å². The molecule has 4 rings (SSSR count). The van der Waals surface area contributed by atoms with Crippen molar-refractivity contribution < 1.29 is 18.0 Å². The minimum atomic E-state index is -3.22. The van der Waals surface area contributed by atoms with E-state index in [1.54, 1.807) is 7.05 Å². The number of amides is 2. The number of hydrogen-bond donors (Lipinski definition) is 1. The summed E-state index contributed by atoms with van der Waals surface area (Å²) in [4.78, 5) is 28.2. The van der Waals surface area contributed by atoms with Crippen molar-refractivity contribution in [2.24, 2.45) is 5.92 Å². The first kappa shape index (κ1) is 24.4. The number of piperidine rings is 1. The van der Waals surface area contributed by atoms with E-state index in [-0.39, 0.29) is 30.1 Å². The Morgan fingerprint density at radius 1 is 1.06 bits per heavy atom. The van der Waals surface area contributed by atoms with E-state index in [2.05, 4.69) is 5.32 Å². The molecule has 2 aliphatic rings. The van der Waals surface area contributed by atoms with E-state index in [1.807, 2.05) is 67.6 Å². The number of benzene rings is 2. The summed E-state index contributed by atoms with van der Waals surface area (Å²) >= 11 is 0. The SMILES string of the molecule is CN1C(=O)N[C@H](c2ccccc2)[C@@]1(C)C(=O)CC(c1ccccc1)C1CCN(S(C)(=O)=O)CC1. The number of nitrogens with zero attached hydrogens (tertiary/aromatic N) is 2. The molecule has 2 aliphatic heterocycles.